The third-order valence-electron chi connectivity index (χ3n) is 1.74. The van der Waals surface area contributed by atoms with Crippen LogP contribution in [-0.4, -0.2) is 12.5 Å². The maximum atomic E-state index is 13.2. The molecule has 0 aromatic heterocycles. The van der Waals surface area contributed by atoms with Crippen LogP contribution >= 0.6 is 0 Å². The highest BCUT2D eigenvalue weighted by Crippen LogP contribution is 2.15. The molecule has 1 aromatic carbocycles. The molecule has 1 amide bonds. The number of carbonyl (C=O) groups excluding carboxylic acids is 1. The lowest BCUT2D eigenvalue weighted by atomic mass is 10.2. The van der Waals surface area contributed by atoms with Crippen LogP contribution in [0.5, 0.6) is 0 Å². The van der Waals surface area contributed by atoms with Gasteiger partial charge in [-0.25, -0.2) is 8.78 Å². The predicted molar refractivity (Wildman–Crippen MR) is 56.3 cm³/mol. The highest BCUT2D eigenvalue weighted by Gasteiger charge is 2.05. The van der Waals surface area contributed by atoms with Gasteiger partial charge in [0, 0.05) is 13.0 Å². The second kappa shape index (κ2) is 5.12. The molecule has 0 aliphatic carbocycles. The first kappa shape index (κ1) is 12.0. The van der Waals surface area contributed by atoms with Crippen molar-refractivity contribution >= 4 is 11.6 Å². The molecule has 0 heterocycles. The predicted octanol–water partition coefficient (Wildman–Crippen LogP) is 1.03. The summed E-state index contributed by atoms with van der Waals surface area (Å²) >= 11 is 0. The zero-order valence-corrected chi connectivity index (χ0v) is 8.60. The Kier molecular flexibility index (Phi) is 3.84. The summed E-state index contributed by atoms with van der Waals surface area (Å²) in [6.07, 6.45) is 0. The lowest BCUT2D eigenvalue weighted by molar-refractivity contribution is -0.118. The Morgan fingerprint density at radius 1 is 1.44 bits per heavy atom. The largest absolute Gasteiger partial charge is 0.396 e. The first-order valence-electron chi connectivity index (χ1n) is 4.48. The van der Waals surface area contributed by atoms with E-state index in [9.17, 15) is 13.6 Å². The molecular formula is C11H10F2N2O. The minimum absolute atomic E-state index is 0.0841. The van der Waals surface area contributed by atoms with E-state index < -0.39 is 11.6 Å². The van der Waals surface area contributed by atoms with E-state index in [0.717, 1.165) is 12.1 Å². The summed E-state index contributed by atoms with van der Waals surface area (Å²) in [4.78, 5) is 10.5. The van der Waals surface area contributed by atoms with Gasteiger partial charge in [0.15, 0.2) is 0 Å². The van der Waals surface area contributed by atoms with Crippen molar-refractivity contribution in [2.45, 2.75) is 6.92 Å². The zero-order valence-electron chi connectivity index (χ0n) is 8.60. The number of carbonyl (C=O) groups is 1. The van der Waals surface area contributed by atoms with E-state index in [1.165, 1.54) is 6.92 Å². The van der Waals surface area contributed by atoms with Crippen LogP contribution < -0.4 is 11.1 Å². The summed E-state index contributed by atoms with van der Waals surface area (Å²) in [5.74, 6) is 3.25. The van der Waals surface area contributed by atoms with Gasteiger partial charge in [0.05, 0.1) is 17.8 Å². The summed E-state index contributed by atoms with van der Waals surface area (Å²) in [5.41, 5.74) is 4.82. The number of nitrogens with two attached hydrogens (primary N) is 1. The molecule has 1 aromatic rings. The van der Waals surface area contributed by atoms with Crippen molar-refractivity contribution < 1.29 is 13.6 Å². The minimum atomic E-state index is -0.717. The Balaban J connectivity index is 2.81. The second-order valence-corrected chi connectivity index (χ2v) is 3.07. The van der Waals surface area contributed by atoms with Crippen molar-refractivity contribution in [3.63, 3.8) is 0 Å². The van der Waals surface area contributed by atoms with Crippen molar-refractivity contribution in [2.75, 3.05) is 12.3 Å². The van der Waals surface area contributed by atoms with Gasteiger partial charge in [-0.2, -0.15) is 0 Å². The summed E-state index contributed by atoms with van der Waals surface area (Å²) in [5, 5.41) is 2.41. The molecule has 0 spiro atoms. The normalized spacial score (nSPS) is 9.19. The Hall–Kier alpha value is -2.09. The van der Waals surface area contributed by atoms with Gasteiger partial charge in [-0.05, 0) is 6.07 Å². The number of hydrogen-bond donors (Lipinski definition) is 2. The van der Waals surface area contributed by atoms with Crippen LogP contribution in [0.4, 0.5) is 14.5 Å². The maximum absolute atomic E-state index is 13.2. The van der Waals surface area contributed by atoms with Crippen LogP contribution in [0.2, 0.25) is 0 Å². The summed E-state index contributed by atoms with van der Waals surface area (Å²) in [6, 6.07) is 1.79. The number of nitrogens with one attached hydrogen (secondary N) is 1. The Labute approximate surface area is 91.6 Å². The van der Waals surface area contributed by atoms with Crippen LogP contribution in [0.15, 0.2) is 12.1 Å². The van der Waals surface area contributed by atoms with Gasteiger partial charge in [0.1, 0.15) is 11.6 Å². The third-order valence-corrected chi connectivity index (χ3v) is 1.74. The van der Waals surface area contributed by atoms with Crippen molar-refractivity contribution in [1.29, 1.82) is 0 Å². The van der Waals surface area contributed by atoms with E-state index in [1.54, 1.807) is 0 Å². The quantitative estimate of drug-likeness (QED) is 0.553. The van der Waals surface area contributed by atoms with E-state index in [-0.39, 0.29) is 23.7 Å². The Morgan fingerprint density at radius 2 is 2.12 bits per heavy atom. The second-order valence-electron chi connectivity index (χ2n) is 3.07. The number of hydrogen-bond acceptors (Lipinski definition) is 2. The standard InChI is InChI=1S/C11H10F2N2O/c1-7(16)15-4-2-3-8-5-10(13)11(14)6-9(8)12/h5-6H,4,14H2,1H3,(H,15,16). The van der Waals surface area contributed by atoms with E-state index in [2.05, 4.69) is 17.2 Å². The highest BCUT2D eigenvalue weighted by atomic mass is 19.1. The molecule has 0 aliphatic heterocycles. The van der Waals surface area contributed by atoms with Crippen molar-refractivity contribution in [3.8, 4) is 11.8 Å². The fourth-order valence-corrected chi connectivity index (χ4v) is 0.966. The Bertz CT molecular complexity index is 475. The van der Waals surface area contributed by atoms with Gasteiger partial charge in [0.2, 0.25) is 5.91 Å². The lowest BCUT2D eigenvalue weighted by Gasteiger charge is -1.98. The molecule has 0 unspecified atom stereocenters. The number of rotatable bonds is 1. The van der Waals surface area contributed by atoms with Crippen LogP contribution in [0.1, 0.15) is 12.5 Å². The molecule has 16 heavy (non-hydrogen) atoms. The smallest absolute Gasteiger partial charge is 0.217 e. The molecule has 84 valence electrons. The van der Waals surface area contributed by atoms with Crippen LogP contribution in [0.3, 0.4) is 0 Å². The van der Waals surface area contributed by atoms with Crippen molar-refractivity contribution in [3.05, 3.63) is 29.3 Å². The number of benzene rings is 1. The maximum Gasteiger partial charge on any atom is 0.217 e. The third kappa shape index (κ3) is 3.24. The van der Waals surface area contributed by atoms with Crippen LogP contribution in [-0.2, 0) is 4.79 Å². The molecule has 0 radical (unpaired) electrons. The van der Waals surface area contributed by atoms with Gasteiger partial charge in [-0.15, -0.1) is 0 Å². The first-order valence-corrected chi connectivity index (χ1v) is 4.48. The monoisotopic (exact) mass is 224 g/mol. The summed E-state index contributed by atoms with van der Waals surface area (Å²) in [6.45, 7) is 1.42. The van der Waals surface area contributed by atoms with Crippen LogP contribution in [0.25, 0.3) is 0 Å². The number of halogens is 2. The topological polar surface area (TPSA) is 55.1 Å². The minimum Gasteiger partial charge on any atom is -0.396 e. The summed E-state index contributed by atoms with van der Waals surface area (Å²) in [7, 11) is 0. The Morgan fingerprint density at radius 3 is 2.75 bits per heavy atom. The number of nitrogen functional groups attached to an aromatic ring is 1. The van der Waals surface area contributed by atoms with Crippen molar-refractivity contribution in [1.82, 2.24) is 5.32 Å². The van der Waals surface area contributed by atoms with Gasteiger partial charge in [-0.3, -0.25) is 4.79 Å². The van der Waals surface area contributed by atoms with Gasteiger partial charge in [-0.1, -0.05) is 11.8 Å². The molecule has 0 atom stereocenters. The van der Waals surface area contributed by atoms with Crippen molar-refractivity contribution in [2.24, 2.45) is 0 Å². The van der Waals surface area contributed by atoms with Gasteiger partial charge >= 0.3 is 0 Å². The van der Waals surface area contributed by atoms with Crippen LogP contribution in [0, 0.1) is 23.5 Å². The molecule has 5 heteroatoms. The number of anilines is 1. The molecule has 0 bridgehead atoms. The van der Waals surface area contributed by atoms with Gasteiger partial charge < -0.3 is 11.1 Å². The van der Waals surface area contributed by atoms with E-state index in [4.69, 9.17) is 5.73 Å². The summed E-state index contributed by atoms with van der Waals surface area (Å²) < 4.78 is 26.1. The molecule has 0 aliphatic rings. The average Bonchev–Trinajstić information content (AvgIpc) is 2.19. The number of amides is 1. The molecule has 0 saturated heterocycles. The SMILES string of the molecule is CC(=O)NCC#Cc1cc(F)c(N)cc1F. The highest BCUT2D eigenvalue weighted by molar-refractivity contribution is 5.73. The van der Waals surface area contributed by atoms with E-state index >= 15 is 0 Å². The molecule has 0 fully saturated rings. The van der Waals surface area contributed by atoms with Gasteiger partial charge in [0.25, 0.3) is 0 Å². The average molecular weight is 224 g/mol. The first-order chi connectivity index (χ1) is 7.50. The molecule has 3 N–H and O–H groups in total. The fourth-order valence-electron chi connectivity index (χ4n) is 0.966. The molecule has 1 rings (SSSR count). The molecule has 3 nitrogen and oxygen atoms in total. The molecule has 0 saturated carbocycles. The molecular weight excluding hydrogens is 214 g/mol. The lowest BCUT2D eigenvalue weighted by Crippen LogP contribution is -2.19. The zero-order chi connectivity index (χ0) is 12.1. The van der Waals surface area contributed by atoms with E-state index in [0.29, 0.717) is 0 Å². The van der Waals surface area contributed by atoms with E-state index in [1.807, 2.05) is 0 Å². The fraction of sp³-hybridized carbons (Fsp3) is 0.182.